The molecule has 0 saturated carbocycles. The van der Waals surface area contributed by atoms with Crippen LogP contribution >= 0.6 is 0 Å². The molecule has 11 nitrogen and oxygen atoms in total. The maximum Gasteiger partial charge on any atom is 0.269 e. The number of nitro benzene ring substituents is 2. The lowest BCUT2D eigenvalue weighted by Gasteiger charge is -2.15. The summed E-state index contributed by atoms with van der Waals surface area (Å²) in [6.07, 6.45) is 1.92. The van der Waals surface area contributed by atoms with Gasteiger partial charge >= 0.3 is 0 Å². The average molecular weight is 491 g/mol. The lowest BCUT2D eigenvalue weighted by molar-refractivity contribution is -0.385. The van der Waals surface area contributed by atoms with Crippen LogP contribution < -0.4 is 14.8 Å². The number of Topliss-reactive ketones (excluding diaryl/α,β-unsaturated/α-hetero) is 1. The number of rotatable bonds is 8. The van der Waals surface area contributed by atoms with Crippen molar-refractivity contribution in [3.05, 3.63) is 92.5 Å². The summed E-state index contributed by atoms with van der Waals surface area (Å²) < 4.78 is 11.7. The van der Waals surface area contributed by atoms with Crippen molar-refractivity contribution < 1.29 is 28.9 Å². The Morgan fingerprint density at radius 1 is 0.778 bits per heavy atom. The van der Waals surface area contributed by atoms with E-state index in [4.69, 9.17) is 9.47 Å². The molecular weight excluding hydrogens is 470 g/mol. The number of benzene rings is 3. The summed E-state index contributed by atoms with van der Waals surface area (Å²) in [4.78, 5) is 46.5. The van der Waals surface area contributed by atoms with Crippen LogP contribution in [0.4, 0.5) is 11.4 Å². The lowest BCUT2D eigenvalue weighted by Crippen LogP contribution is -2.33. The first-order chi connectivity index (χ1) is 17.3. The standard InChI is InChI=1S/C25H21N3O8/c29-24(23-3-1-2-12-26-25(23)30)16-13-21(35-19-8-4-17(5-9-19)27(31)32)15-22(14-16)36-20-10-6-18(7-11-20)28(33)34/h4-11,13-15,23H,1-3,12H2,(H,26,30). The molecule has 1 saturated heterocycles. The number of nitrogens with zero attached hydrogens (tertiary/aromatic N) is 2. The van der Waals surface area contributed by atoms with Gasteiger partial charge in [-0.05, 0) is 49.2 Å². The molecule has 0 aromatic heterocycles. The van der Waals surface area contributed by atoms with Crippen molar-refractivity contribution in [2.75, 3.05) is 6.54 Å². The second-order valence-corrected chi connectivity index (χ2v) is 8.10. The van der Waals surface area contributed by atoms with E-state index in [2.05, 4.69) is 5.32 Å². The van der Waals surface area contributed by atoms with E-state index in [-0.39, 0.29) is 34.3 Å². The maximum atomic E-state index is 13.3. The molecule has 0 spiro atoms. The monoisotopic (exact) mass is 491 g/mol. The van der Waals surface area contributed by atoms with Crippen LogP contribution in [-0.4, -0.2) is 28.1 Å². The molecule has 36 heavy (non-hydrogen) atoms. The third-order valence-electron chi connectivity index (χ3n) is 5.58. The molecule has 1 fully saturated rings. The van der Waals surface area contributed by atoms with Gasteiger partial charge in [0.1, 0.15) is 28.9 Å². The smallest absolute Gasteiger partial charge is 0.269 e. The predicted octanol–water partition coefficient (Wildman–Crippen LogP) is 5.19. The summed E-state index contributed by atoms with van der Waals surface area (Å²) in [5.41, 5.74) is -0.0194. The van der Waals surface area contributed by atoms with Crippen molar-refractivity contribution in [1.29, 1.82) is 0 Å². The largest absolute Gasteiger partial charge is 0.457 e. The first-order valence-electron chi connectivity index (χ1n) is 11.1. The Bertz CT molecular complexity index is 1230. The maximum absolute atomic E-state index is 13.3. The fraction of sp³-hybridized carbons (Fsp3) is 0.200. The highest BCUT2D eigenvalue weighted by molar-refractivity contribution is 6.10. The van der Waals surface area contributed by atoms with E-state index in [1.54, 1.807) is 0 Å². The van der Waals surface area contributed by atoms with E-state index < -0.39 is 21.5 Å². The Morgan fingerprint density at radius 2 is 1.28 bits per heavy atom. The third-order valence-corrected chi connectivity index (χ3v) is 5.58. The number of nitrogens with one attached hydrogen (secondary N) is 1. The molecule has 0 aliphatic carbocycles. The fourth-order valence-electron chi connectivity index (χ4n) is 3.77. The molecular formula is C25H21N3O8. The zero-order valence-corrected chi connectivity index (χ0v) is 18.9. The van der Waals surface area contributed by atoms with Crippen LogP contribution in [0.15, 0.2) is 66.7 Å². The molecule has 1 unspecified atom stereocenters. The fourth-order valence-corrected chi connectivity index (χ4v) is 3.77. The second-order valence-electron chi connectivity index (χ2n) is 8.10. The first-order valence-corrected chi connectivity index (χ1v) is 11.1. The zero-order valence-electron chi connectivity index (χ0n) is 18.9. The molecule has 184 valence electrons. The van der Waals surface area contributed by atoms with Crippen LogP contribution in [0.5, 0.6) is 23.0 Å². The van der Waals surface area contributed by atoms with Crippen LogP contribution in [0.2, 0.25) is 0 Å². The number of carbonyl (C=O) groups is 2. The Balaban J connectivity index is 1.66. The molecule has 1 aliphatic heterocycles. The van der Waals surface area contributed by atoms with Crippen molar-refractivity contribution in [3.8, 4) is 23.0 Å². The van der Waals surface area contributed by atoms with Crippen LogP contribution in [0.25, 0.3) is 0 Å². The molecule has 1 aliphatic rings. The summed E-state index contributed by atoms with van der Waals surface area (Å²) >= 11 is 0. The highest BCUT2D eigenvalue weighted by Crippen LogP contribution is 2.33. The first kappa shape index (κ1) is 24.3. The minimum atomic E-state index is -0.852. The molecule has 11 heteroatoms. The summed E-state index contributed by atoms with van der Waals surface area (Å²) in [5, 5.41) is 24.6. The van der Waals surface area contributed by atoms with Gasteiger partial charge in [0, 0.05) is 42.4 Å². The minimum absolute atomic E-state index is 0.104. The average Bonchev–Trinajstić information content (AvgIpc) is 3.08. The second kappa shape index (κ2) is 10.6. The van der Waals surface area contributed by atoms with E-state index in [1.807, 2.05) is 0 Å². The molecule has 0 bridgehead atoms. The molecule has 1 N–H and O–H groups in total. The van der Waals surface area contributed by atoms with E-state index in [9.17, 15) is 29.8 Å². The van der Waals surface area contributed by atoms with Gasteiger partial charge in [0.2, 0.25) is 5.91 Å². The van der Waals surface area contributed by atoms with Crippen molar-refractivity contribution in [1.82, 2.24) is 5.32 Å². The summed E-state index contributed by atoms with van der Waals surface area (Å²) in [7, 11) is 0. The molecule has 3 aromatic carbocycles. The molecule has 1 atom stereocenters. The van der Waals surface area contributed by atoms with Crippen LogP contribution in [0, 0.1) is 26.1 Å². The van der Waals surface area contributed by atoms with E-state index in [1.165, 1.54) is 66.7 Å². The Kier molecular flexibility index (Phi) is 7.19. The van der Waals surface area contributed by atoms with Gasteiger partial charge in [0.25, 0.3) is 11.4 Å². The summed E-state index contributed by atoms with van der Waals surface area (Å²) in [6.45, 7) is 0.514. The molecule has 3 aromatic rings. The van der Waals surface area contributed by atoms with Gasteiger partial charge in [-0.1, -0.05) is 6.42 Å². The van der Waals surface area contributed by atoms with Crippen molar-refractivity contribution in [2.24, 2.45) is 5.92 Å². The summed E-state index contributed by atoms with van der Waals surface area (Å²) in [6, 6.07) is 15.3. The van der Waals surface area contributed by atoms with Gasteiger partial charge in [-0.25, -0.2) is 0 Å². The van der Waals surface area contributed by atoms with Gasteiger partial charge in [-0.2, -0.15) is 0 Å². The molecule has 1 amide bonds. The van der Waals surface area contributed by atoms with Crippen LogP contribution in [0.3, 0.4) is 0 Å². The van der Waals surface area contributed by atoms with Crippen LogP contribution in [-0.2, 0) is 4.79 Å². The quantitative estimate of drug-likeness (QED) is 0.196. The molecule has 4 rings (SSSR count). The topological polar surface area (TPSA) is 151 Å². The number of ketones is 1. The number of ether oxygens (including phenoxy) is 2. The Hall–Kier alpha value is -4.80. The highest BCUT2D eigenvalue weighted by atomic mass is 16.6. The number of non-ortho nitro benzene ring substituents is 2. The number of nitro groups is 2. The van der Waals surface area contributed by atoms with Gasteiger partial charge in [0.05, 0.1) is 9.85 Å². The van der Waals surface area contributed by atoms with Crippen LogP contribution in [0.1, 0.15) is 29.6 Å². The minimum Gasteiger partial charge on any atom is -0.457 e. The van der Waals surface area contributed by atoms with E-state index in [0.717, 1.165) is 12.8 Å². The van der Waals surface area contributed by atoms with Gasteiger partial charge in [-0.3, -0.25) is 29.8 Å². The predicted molar refractivity (Wildman–Crippen MR) is 127 cm³/mol. The van der Waals surface area contributed by atoms with Gasteiger partial charge in [0.15, 0.2) is 5.78 Å². The summed E-state index contributed by atoms with van der Waals surface area (Å²) in [5.74, 6) is -0.581. The van der Waals surface area contributed by atoms with Crippen molar-refractivity contribution in [3.63, 3.8) is 0 Å². The third kappa shape index (κ3) is 5.81. The number of amides is 1. The Labute approximate surface area is 205 Å². The number of hydrogen-bond acceptors (Lipinski definition) is 8. The van der Waals surface area contributed by atoms with E-state index >= 15 is 0 Å². The van der Waals surface area contributed by atoms with Gasteiger partial charge in [-0.15, -0.1) is 0 Å². The SMILES string of the molecule is O=C1NCCCCC1C(=O)c1cc(Oc2ccc([N+](=O)[O-])cc2)cc(Oc2ccc([N+](=O)[O-])cc2)c1. The Morgan fingerprint density at radius 3 is 1.75 bits per heavy atom. The molecule has 0 radical (unpaired) electrons. The number of hydrogen-bond donors (Lipinski definition) is 1. The van der Waals surface area contributed by atoms with E-state index in [0.29, 0.717) is 24.5 Å². The van der Waals surface area contributed by atoms with Gasteiger partial charge < -0.3 is 14.8 Å². The lowest BCUT2D eigenvalue weighted by atomic mass is 9.92. The van der Waals surface area contributed by atoms with Crippen molar-refractivity contribution >= 4 is 23.1 Å². The number of carbonyl (C=O) groups excluding carboxylic acids is 2. The van der Waals surface area contributed by atoms with Crippen molar-refractivity contribution in [2.45, 2.75) is 19.3 Å². The molecule has 1 heterocycles. The normalized spacial score (nSPS) is 15.3. The zero-order chi connectivity index (χ0) is 25.7. The highest BCUT2D eigenvalue weighted by Gasteiger charge is 2.29.